The number of hydrogen-bond donors (Lipinski definition) is 3. The van der Waals surface area contributed by atoms with Crippen molar-refractivity contribution in [2.75, 3.05) is 31.6 Å². The fourth-order valence-corrected chi connectivity index (χ4v) is 5.31. The Balaban J connectivity index is 1.52. The highest BCUT2D eigenvalue weighted by atomic mass is 19.1. The molecule has 0 radical (unpaired) electrons. The number of halogens is 2. The molecule has 4 atom stereocenters. The topological polar surface area (TPSA) is 113 Å². The number of likely N-dealkylation sites (tertiary alicyclic amines) is 1. The van der Waals surface area contributed by atoms with Crippen LogP contribution in [0.1, 0.15) is 38.4 Å². The molecule has 0 unspecified atom stereocenters. The van der Waals surface area contributed by atoms with Gasteiger partial charge in [0, 0.05) is 55.0 Å². The molecule has 2 saturated heterocycles. The fourth-order valence-electron chi connectivity index (χ4n) is 5.31. The van der Waals surface area contributed by atoms with Crippen molar-refractivity contribution in [2.45, 2.75) is 63.7 Å². The van der Waals surface area contributed by atoms with Gasteiger partial charge in [-0.25, -0.2) is 18.7 Å². The van der Waals surface area contributed by atoms with Gasteiger partial charge in [0.05, 0.1) is 36.6 Å². The molecule has 2 aliphatic rings. The average Bonchev–Trinajstić information content (AvgIpc) is 2.88. The Hall–Kier alpha value is -2.99. The molecule has 0 amide bonds. The van der Waals surface area contributed by atoms with Crippen molar-refractivity contribution < 1.29 is 23.7 Å². The van der Waals surface area contributed by atoms with Crippen LogP contribution in [-0.4, -0.2) is 80.4 Å². The van der Waals surface area contributed by atoms with Crippen LogP contribution in [-0.2, 0) is 11.3 Å². The lowest BCUT2D eigenvalue weighted by Crippen LogP contribution is -2.44. The van der Waals surface area contributed by atoms with Crippen LogP contribution >= 0.6 is 0 Å². The number of pyridine rings is 1. The number of piperidine rings is 1. The van der Waals surface area contributed by atoms with Gasteiger partial charge in [0.1, 0.15) is 11.9 Å². The minimum Gasteiger partial charge on any atom is -0.389 e. The van der Waals surface area contributed by atoms with Crippen LogP contribution in [0.3, 0.4) is 0 Å². The number of nitrogens with one attached hydrogen (secondary N) is 1. The largest absolute Gasteiger partial charge is 0.389 e. The number of β-amino-alcohol motifs (C(OH)–C–C–N with tert-alkyl or cyclic N) is 1. The van der Waals surface area contributed by atoms with Gasteiger partial charge in [-0.1, -0.05) is 6.07 Å². The summed E-state index contributed by atoms with van der Waals surface area (Å²) in [7, 11) is 0. The predicted octanol–water partition coefficient (Wildman–Crippen LogP) is 2.64. The van der Waals surface area contributed by atoms with E-state index in [0.717, 1.165) is 11.9 Å². The third-order valence-corrected chi connectivity index (χ3v) is 7.27. The second kappa shape index (κ2) is 11.0. The second-order valence-corrected chi connectivity index (χ2v) is 10.4. The van der Waals surface area contributed by atoms with Crippen LogP contribution in [0, 0.1) is 5.82 Å². The lowest BCUT2D eigenvalue weighted by atomic mass is 10.0. The number of ether oxygens (including phenoxy) is 1. The van der Waals surface area contributed by atoms with Crippen molar-refractivity contribution in [2.24, 2.45) is 0 Å². The smallest absolute Gasteiger partial charge is 0.223 e. The van der Waals surface area contributed by atoms with Gasteiger partial charge in [0.15, 0.2) is 11.2 Å². The van der Waals surface area contributed by atoms with Crippen molar-refractivity contribution in [3.05, 3.63) is 52.2 Å². The van der Waals surface area contributed by atoms with E-state index in [9.17, 15) is 23.8 Å². The SMILES string of the molecule is CC(C)n1c(CN2CC[C@@H](F)[C@H](O)C2)cc(=O)c2ccc(-c3nc(N[C@@H]4CCOC[C@H]4O)ncc3F)cc21. The van der Waals surface area contributed by atoms with Gasteiger partial charge in [-0.05, 0) is 38.8 Å². The summed E-state index contributed by atoms with van der Waals surface area (Å²) in [5.74, 6) is -0.419. The van der Waals surface area contributed by atoms with Gasteiger partial charge in [0.25, 0.3) is 0 Å². The van der Waals surface area contributed by atoms with Crippen molar-refractivity contribution in [3.8, 4) is 11.3 Å². The lowest BCUT2D eigenvalue weighted by Gasteiger charge is -2.33. The molecular formula is C27H33F2N5O4. The molecule has 38 heavy (non-hydrogen) atoms. The molecule has 1 aromatic carbocycles. The molecule has 2 aromatic heterocycles. The quantitative estimate of drug-likeness (QED) is 0.447. The maximum absolute atomic E-state index is 15.0. The predicted molar refractivity (Wildman–Crippen MR) is 139 cm³/mol. The Morgan fingerprint density at radius 2 is 2.03 bits per heavy atom. The first-order chi connectivity index (χ1) is 18.2. The van der Waals surface area contributed by atoms with E-state index in [1.807, 2.05) is 23.3 Å². The zero-order valence-electron chi connectivity index (χ0n) is 21.5. The highest BCUT2D eigenvalue weighted by Gasteiger charge is 2.28. The van der Waals surface area contributed by atoms with E-state index in [1.54, 1.807) is 24.3 Å². The number of aliphatic hydroxyl groups excluding tert-OH is 2. The molecule has 204 valence electrons. The molecule has 9 nitrogen and oxygen atoms in total. The van der Waals surface area contributed by atoms with E-state index in [4.69, 9.17) is 4.74 Å². The van der Waals surface area contributed by atoms with Gasteiger partial charge < -0.3 is 24.8 Å². The van der Waals surface area contributed by atoms with E-state index in [2.05, 4.69) is 15.3 Å². The van der Waals surface area contributed by atoms with Crippen LogP contribution in [0.5, 0.6) is 0 Å². The zero-order valence-corrected chi connectivity index (χ0v) is 21.5. The summed E-state index contributed by atoms with van der Waals surface area (Å²) in [4.78, 5) is 23.5. The van der Waals surface area contributed by atoms with Crippen molar-refractivity contribution in [1.82, 2.24) is 19.4 Å². The Kier molecular flexibility index (Phi) is 7.71. The molecule has 4 heterocycles. The Labute approximate surface area is 219 Å². The van der Waals surface area contributed by atoms with E-state index >= 15 is 0 Å². The van der Waals surface area contributed by atoms with Gasteiger partial charge in [-0.15, -0.1) is 0 Å². The number of hydrogen-bond acceptors (Lipinski definition) is 8. The first-order valence-electron chi connectivity index (χ1n) is 13.0. The van der Waals surface area contributed by atoms with Crippen molar-refractivity contribution >= 4 is 16.9 Å². The molecule has 2 aliphatic heterocycles. The van der Waals surface area contributed by atoms with Crippen molar-refractivity contribution in [3.63, 3.8) is 0 Å². The summed E-state index contributed by atoms with van der Waals surface area (Å²) in [6, 6.07) is 6.33. The van der Waals surface area contributed by atoms with Gasteiger partial charge in [-0.2, -0.15) is 0 Å². The zero-order chi connectivity index (χ0) is 27.0. The molecule has 0 saturated carbocycles. The highest BCUT2D eigenvalue weighted by molar-refractivity contribution is 5.84. The third kappa shape index (κ3) is 5.42. The van der Waals surface area contributed by atoms with Gasteiger partial charge in [-0.3, -0.25) is 9.69 Å². The third-order valence-electron chi connectivity index (χ3n) is 7.27. The number of aliphatic hydroxyl groups is 2. The van der Waals surface area contributed by atoms with Gasteiger partial charge >= 0.3 is 0 Å². The Morgan fingerprint density at radius 1 is 1.21 bits per heavy atom. The van der Waals surface area contributed by atoms with E-state index < -0.39 is 24.2 Å². The number of rotatable bonds is 6. The monoisotopic (exact) mass is 529 g/mol. The number of alkyl halides is 1. The molecule has 11 heteroatoms. The van der Waals surface area contributed by atoms with E-state index in [-0.39, 0.29) is 48.7 Å². The van der Waals surface area contributed by atoms with E-state index in [0.29, 0.717) is 42.6 Å². The number of nitrogens with zero attached hydrogens (tertiary/aromatic N) is 4. The summed E-state index contributed by atoms with van der Waals surface area (Å²) in [6.45, 7) is 5.73. The summed E-state index contributed by atoms with van der Waals surface area (Å²) < 4.78 is 36.0. The Morgan fingerprint density at radius 3 is 2.76 bits per heavy atom. The number of aromatic nitrogens is 3. The van der Waals surface area contributed by atoms with Crippen molar-refractivity contribution in [1.29, 1.82) is 0 Å². The maximum atomic E-state index is 15.0. The first kappa shape index (κ1) is 26.6. The van der Waals surface area contributed by atoms with Crippen LogP contribution in [0.15, 0.2) is 35.3 Å². The number of fused-ring (bicyclic) bond motifs is 1. The number of anilines is 1. The first-order valence-corrected chi connectivity index (χ1v) is 13.0. The minimum atomic E-state index is -1.24. The fraction of sp³-hybridized carbons (Fsp3) is 0.519. The summed E-state index contributed by atoms with van der Waals surface area (Å²) in [5.41, 5.74) is 1.75. The highest BCUT2D eigenvalue weighted by Crippen LogP contribution is 2.28. The normalized spacial score (nSPS) is 24.7. The van der Waals surface area contributed by atoms with Crippen LogP contribution in [0.2, 0.25) is 0 Å². The second-order valence-electron chi connectivity index (χ2n) is 10.4. The summed E-state index contributed by atoms with van der Waals surface area (Å²) in [5, 5.41) is 23.8. The minimum absolute atomic E-state index is 0.0329. The summed E-state index contributed by atoms with van der Waals surface area (Å²) >= 11 is 0. The van der Waals surface area contributed by atoms with Crippen LogP contribution < -0.4 is 10.7 Å². The average molecular weight is 530 g/mol. The summed E-state index contributed by atoms with van der Waals surface area (Å²) in [6.07, 6.45) is -1.13. The van der Waals surface area contributed by atoms with Crippen LogP contribution in [0.25, 0.3) is 22.2 Å². The van der Waals surface area contributed by atoms with E-state index in [1.165, 1.54) is 0 Å². The molecule has 5 rings (SSSR count). The van der Waals surface area contributed by atoms with Crippen LogP contribution in [0.4, 0.5) is 14.7 Å². The molecule has 0 spiro atoms. The maximum Gasteiger partial charge on any atom is 0.223 e. The molecule has 3 aromatic rings. The molecule has 3 N–H and O–H groups in total. The number of benzene rings is 1. The molecule has 0 aliphatic carbocycles. The standard InChI is InChI=1S/C27H33F2N5O4/c1-15(2)34-17(12-33-7-5-19(28)24(36)13-33)10-23(35)18-4-3-16(9-22(18)34)26-20(29)11-30-27(32-26)31-21-6-8-38-14-25(21)37/h3-4,9-11,15,19,21,24-25,36-37H,5-8,12-14H2,1-2H3,(H,30,31,32)/t19-,21-,24-,25-/m1/s1. The molecule has 0 bridgehead atoms. The Bertz CT molecular complexity index is 1370. The van der Waals surface area contributed by atoms with Gasteiger partial charge in [0.2, 0.25) is 5.95 Å². The lowest BCUT2D eigenvalue weighted by molar-refractivity contribution is -0.0136. The molecule has 2 fully saturated rings. The molecular weight excluding hydrogens is 496 g/mol.